The van der Waals surface area contributed by atoms with Crippen molar-refractivity contribution in [3.63, 3.8) is 0 Å². The van der Waals surface area contributed by atoms with Crippen LogP contribution in [0, 0.1) is 5.41 Å². The predicted octanol–water partition coefficient (Wildman–Crippen LogP) is 1.51. The fraction of sp³-hybridized carbons (Fsp3) is 0.308. The third-order valence-electron chi connectivity index (χ3n) is 2.57. The van der Waals surface area contributed by atoms with Gasteiger partial charge in [0.15, 0.2) is 0 Å². The number of hydrogen-bond acceptors (Lipinski definition) is 3. The van der Waals surface area contributed by atoms with Gasteiger partial charge in [-0.1, -0.05) is 32.9 Å². The maximum absolute atomic E-state index is 12.1. The molecule has 0 bridgehead atoms. The highest BCUT2D eigenvalue weighted by molar-refractivity contribution is 5.88. The van der Waals surface area contributed by atoms with E-state index in [4.69, 9.17) is 0 Å². The number of para-hydroxylation sites is 1. The highest BCUT2D eigenvalue weighted by Crippen LogP contribution is 2.13. The lowest BCUT2D eigenvalue weighted by molar-refractivity contribution is -0.124. The lowest BCUT2D eigenvalue weighted by atomic mass is 9.96. The Morgan fingerprint density at radius 2 is 1.94 bits per heavy atom. The van der Waals surface area contributed by atoms with E-state index in [1.807, 2.05) is 6.07 Å². The Bertz CT molecular complexity index is 653. The van der Waals surface area contributed by atoms with E-state index in [2.05, 4.69) is 10.4 Å². The van der Waals surface area contributed by atoms with Crippen molar-refractivity contribution < 1.29 is 4.79 Å². The van der Waals surface area contributed by atoms with Crippen LogP contribution in [0.1, 0.15) is 20.8 Å². The van der Waals surface area contributed by atoms with Gasteiger partial charge in [0, 0.05) is 5.41 Å². The molecule has 5 heteroatoms. The molecule has 5 nitrogen and oxygen atoms in total. The molecule has 18 heavy (non-hydrogen) atoms. The van der Waals surface area contributed by atoms with Crippen LogP contribution < -0.4 is 11.0 Å². The van der Waals surface area contributed by atoms with Crippen LogP contribution in [-0.2, 0) is 4.79 Å². The number of hydrogen-bond donors (Lipinski definition) is 1. The average molecular weight is 245 g/mol. The first-order valence-corrected chi connectivity index (χ1v) is 5.67. The molecule has 1 aromatic carbocycles. The first-order chi connectivity index (χ1) is 8.39. The van der Waals surface area contributed by atoms with Crippen molar-refractivity contribution in [2.24, 2.45) is 5.41 Å². The molecule has 2 rings (SSSR count). The highest BCUT2D eigenvalue weighted by atomic mass is 16.2. The minimum atomic E-state index is -0.564. The molecule has 0 aliphatic carbocycles. The smallest absolute Gasteiger partial charge is 0.273 e. The molecule has 0 aliphatic rings. The Balaban J connectivity index is 2.45. The van der Waals surface area contributed by atoms with Crippen molar-refractivity contribution in [3.8, 4) is 0 Å². The number of carbonyl (C=O) groups excluding carboxylic acids is 1. The van der Waals surface area contributed by atoms with Crippen LogP contribution >= 0.6 is 0 Å². The summed E-state index contributed by atoms with van der Waals surface area (Å²) in [5.41, 5.74) is 2.32. The van der Waals surface area contributed by atoms with Gasteiger partial charge in [0.25, 0.3) is 5.56 Å². The quantitative estimate of drug-likeness (QED) is 0.828. The lowest BCUT2D eigenvalue weighted by Gasteiger charge is -2.18. The van der Waals surface area contributed by atoms with Crippen LogP contribution in [0.2, 0.25) is 0 Å². The maximum atomic E-state index is 12.1. The molecule has 0 atom stereocenters. The molecule has 0 fully saturated rings. The molecule has 0 spiro atoms. The molecule has 1 N–H and O–H groups in total. The summed E-state index contributed by atoms with van der Waals surface area (Å²) in [5, 5.41) is 0.481. The normalized spacial score (nSPS) is 11.5. The van der Waals surface area contributed by atoms with Crippen molar-refractivity contribution in [2.75, 3.05) is 5.43 Å². The van der Waals surface area contributed by atoms with E-state index in [0.717, 1.165) is 4.68 Å². The van der Waals surface area contributed by atoms with E-state index < -0.39 is 5.41 Å². The Hall–Kier alpha value is -2.17. The first kappa shape index (κ1) is 12.3. The molecule has 94 valence electrons. The van der Waals surface area contributed by atoms with E-state index in [1.165, 1.54) is 6.33 Å². The zero-order valence-electron chi connectivity index (χ0n) is 10.6. The molecular formula is C13H15N3O2. The number of nitrogens with one attached hydrogen (secondary N) is 1. The number of benzene rings is 1. The van der Waals surface area contributed by atoms with Gasteiger partial charge in [0.2, 0.25) is 5.91 Å². The van der Waals surface area contributed by atoms with E-state index in [0.29, 0.717) is 10.9 Å². The van der Waals surface area contributed by atoms with Gasteiger partial charge in [-0.3, -0.25) is 15.0 Å². The number of carbonyl (C=O) groups is 1. The molecule has 0 saturated heterocycles. The molecule has 0 unspecified atom stereocenters. The largest absolute Gasteiger partial charge is 0.280 e. The third-order valence-corrected chi connectivity index (χ3v) is 2.57. The summed E-state index contributed by atoms with van der Waals surface area (Å²) in [7, 11) is 0. The van der Waals surface area contributed by atoms with E-state index in [-0.39, 0.29) is 11.5 Å². The van der Waals surface area contributed by atoms with Crippen LogP contribution in [0.3, 0.4) is 0 Å². The summed E-state index contributed by atoms with van der Waals surface area (Å²) < 4.78 is 1.12. The zero-order chi connectivity index (χ0) is 13.3. The number of aromatic nitrogens is 2. The van der Waals surface area contributed by atoms with Crippen molar-refractivity contribution >= 4 is 16.8 Å². The molecule has 1 aromatic heterocycles. The van der Waals surface area contributed by atoms with Crippen molar-refractivity contribution in [1.29, 1.82) is 0 Å². The Morgan fingerprint density at radius 1 is 1.28 bits per heavy atom. The minimum Gasteiger partial charge on any atom is -0.273 e. The van der Waals surface area contributed by atoms with Crippen LogP contribution in [0.15, 0.2) is 35.4 Å². The van der Waals surface area contributed by atoms with Crippen LogP contribution in [-0.4, -0.2) is 15.6 Å². The van der Waals surface area contributed by atoms with E-state index in [1.54, 1.807) is 39.0 Å². The van der Waals surface area contributed by atoms with Crippen molar-refractivity contribution in [1.82, 2.24) is 9.66 Å². The van der Waals surface area contributed by atoms with E-state index in [9.17, 15) is 9.59 Å². The number of amides is 1. The van der Waals surface area contributed by atoms with Gasteiger partial charge in [-0.15, -0.1) is 0 Å². The molecular weight excluding hydrogens is 230 g/mol. The summed E-state index contributed by atoms with van der Waals surface area (Å²) in [5.74, 6) is -0.235. The maximum Gasteiger partial charge on any atom is 0.280 e. The Kier molecular flexibility index (Phi) is 2.90. The summed E-state index contributed by atoms with van der Waals surface area (Å²) in [6.07, 6.45) is 1.33. The van der Waals surface area contributed by atoms with Gasteiger partial charge >= 0.3 is 0 Å². The summed E-state index contributed by atoms with van der Waals surface area (Å²) >= 11 is 0. The zero-order valence-corrected chi connectivity index (χ0v) is 10.6. The number of rotatable bonds is 1. The Morgan fingerprint density at radius 3 is 2.61 bits per heavy atom. The summed E-state index contributed by atoms with van der Waals surface area (Å²) in [4.78, 5) is 28.0. The fourth-order valence-electron chi connectivity index (χ4n) is 1.43. The van der Waals surface area contributed by atoms with Crippen molar-refractivity contribution in [3.05, 3.63) is 40.9 Å². The molecule has 2 aromatic rings. The number of nitrogens with zero attached hydrogens (tertiary/aromatic N) is 2. The summed E-state index contributed by atoms with van der Waals surface area (Å²) in [6.45, 7) is 5.34. The molecule has 1 heterocycles. The second-order valence-corrected chi connectivity index (χ2v) is 5.13. The monoisotopic (exact) mass is 245 g/mol. The van der Waals surface area contributed by atoms with E-state index >= 15 is 0 Å². The predicted molar refractivity (Wildman–Crippen MR) is 69.8 cm³/mol. The fourth-order valence-corrected chi connectivity index (χ4v) is 1.43. The van der Waals surface area contributed by atoms with Crippen LogP contribution in [0.4, 0.5) is 0 Å². The first-order valence-electron chi connectivity index (χ1n) is 5.67. The average Bonchev–Trinajstić information content (AvgIpc) is 2.32. The van der Waals surface area contributed by atoms with Crippen LogP contribution in [0.5, 0.6) is 0 Å². The van der Waals surface area contributed by atoms with Gasteiger partial charge in [0.1, 0.15) is 6.33 Å². The highest BCUT2D eigenvalue weighted by Gasteiger charge is 2.21. The molecule has 0 saturated carbocycles. The topological polar surface area (TPSA) is 64.0 Å². The lowest BCUT2D eigenvalue weighted by Crippen LogP contribution is -2.39. The second-order valence-electron chi connectivity index (χ2n) is 5.13. The molecule has 0 radical (unpaired) electrons. The summed E-state index contributed by atoms with van der Waals surface area (Å²) in [6, 6.07) is 7.02. The van der Waals surface area contributed by atoms with Crippen molar-refractivity contribution in [2.45, 2.75) is 20.8 Å². The standard InChI is InChI=1S/C13H15N3O2/c1-13(2,3)12(18)15-16-8-14-10-7-5-4-6-9(10)11(16)17/h4-8H,1-3H3,(H,15,18). The van der Waals surface area contributed by atoms with Gasteiger partial charge in [-0.2, -0.15) is 0 Å². The van der Waals surface area contributed by atoms with Gasteiger partial charge in [0.05, 0.1) is 10.9 Å². The number of fused-ring (bicyclic) bond motifs is 1. The third kappa shape index (κ3) is 2.25. The van der Waals surface area contributed by atoms with Crippen LogP contribution in [0.25, 0.3) is 10.9 Å². The SMILES string of the molecule is CC(C)(C)C(=O)Nn1cnc2ccccc2c1=O. The Labute approximate surface area is 104 Å². The van der Waals surface area contributed by atoms with Gasteiger partial charge in [-0.25, -0.2) is 9.66 Å². The van der Waals surface area contributed by atoms with Gasteiger partial charge < -0.3 is 0 Å². The molecule has 1 amide bonds. The van der Waals surface area contributed by atoms with Gasteiger partial charge in [-0.05, 0) is 12.1 Å². The second kappa shape index (κ2) is 4.25. The molecule has 0 aliphatic heterocycles. The minimum absolute atomic E-state index is 0.235.